The first-order chi connectivity index (χ1) is 8.19. The van der Waals surface area contributed by atoms with Crippen LogP contribution in [0.4, 0.5) is 0 Å². The van der Waals surface area contributed by atoms with Gasteiger partial charge in [-0.2, -0.15) is 0 Å². The highest BCUT2D eigenvalue weighted by Crippen LogP contribution is 2.24. The van der Waals surface area contributed by atoms with Crippen molar-refractivity contribution in [2.75, 3.05) is 7.11 Å². The van der Waals surface area contributed by atoms with Gasteiger partial charge in [-0.3, -0.25) is 0 Å². The van der Waals surface area contributed by atoms with Crippen molar-refractivity contribution in [1.29, 1.82) is 0 Å². The van der Waals surface area contributed by atoms with E-state index < -0.39 is 0 Å². The summed E-state index contributed by atoms with van der Waals surface area (Å²) < 4.78 is 6.47. The second-order valence-corrected chi connectivity index (χ2v) is 5.78. The zero-order valence-electron chi connectivity index (χ0n) is 9.88. The standard InChI is InChI=1S/C13H17BrClNO/c1-17-12-4-3-11(7-12)16-8-9-6-10(15)2-5-13(9)14/h2,5-6,11-12,16H,3-4,7-8H2,1H3. The summed E-state index contributed by atoms with van der Waals surface area (Å²) in [6.45, 7) is 0.849. The number of rotatable bonds is 4. The first-order valence-electron chi connectivity index (χ1n) is 5.89. The smallest absolute Gasteiger partial charge is 0.0586 e. The van der Waals surface area contributed by atoms with Crippen LogP contribution in [0.3, 0.4) is 0 Å². The van der Waals surface area contributed by atoms with Gasteiger partial charge in [0, 0.05) is 29.2 Å². The van der Waals surface area contributed by atoms with E-state index in [0.29, 0.717) is 12.1 Å². The molecule has 1 aromatic rings. The van der Waals surface area contributed by atoms with Crippen LogP contribution in [0.2, 0.25) is 5.02 Å². The average molecular weight is 319 g/mol. The van der Waals surface area contributed by atoms with Gasteiger partial charge in [-0.25, -0.2) is 0 Å². The molecule has 0 heterocycles. The molecule has 1 saturated carbocycles. The van der Waals surface area contributed by atoms with E-state index >= 15 is 0 Å². The summed E-state index contributed by atoms with van der Waals surface area (Å²) >= 11 is 9.53. The molecular formula is C13H17BrClNO. The van der Waals surface area contributed by atoms with Crippen LogP contribution in [0.25, 0.3) is 0 Å². The fourth-order valence-electron chi connectivity index (χ4n) is 2.27. The van der Waals surface area contributed by atoms with Gasteiger partial charge in [0.05, 0.1) is 6.10 Å². The second kappa shape index (κ2) is 6.19. The fourth-order valence-corrected chi connectivity index (χ4v) is 2.85. The van der Waals surface area contributed by atoms with E-state index in [4.69, 9.17) is 16.3 Å². The Morgan fingerprint density at radius 1 is 1.47 bits per heavy atom. The molecule has 94 valence electrons. The average Bonchev–Trinajstić information content (AvgIpc) is 2.78. The van der Waals surface area contributed by atoms with Crippen LogP contribution >= 0.6 is 27.5 Å². The Morgan fingerprint density at radius 2 is 2.29 bits per heavy atom. The summed E-state index contributed by atoms with van der Waals surface area (Å²) in [5, 5.41) is 4.35. The molecule has 1 aromatic carbocycles. The van der Waals surface area contributed by atoms with Gasteiger partial charge in [0.2, 0.25) is 0 Å². The van der Waals surface area contributed by atoms with Gasteiger partial charge in [-0.1, -0.05) is 27.5 Å². The van der Waals surface area contributed by atoms with Gasteiger partial charge < -0.3 is 10.1 Å². The molecule has 1 N–H and O–H groups in total. The molecule has 2 nitrogen and oxygen atoms in total. The summed E-state index contributed by atoms with van der Waals surface area (Å²) in [6, 6.07) is 6.45. The van der Waals surface area contributed by atoms with Gasteiger partial charge in [0.15, 0.2) is 0 Å². The number of halogens is 2. The predicted molar refractivity (Wildman–Crippen MR) is 74.4 cm³/mol. The third kappa shape index (κ3) is 3.68. The maximum absolute atomic E-state index is 5.99. The minimum Gasteiger partial charge on any atom is -0.381 e. The number of benzene rings is 1. The molecule has 17 heavy (non-hydrogen) atoms. The Morgan fingerprint density at radius 3 is 3.00 bits per heavy atom. The topological polar surface area (TPSA) is 21.3 Å². The predicted octanol–water partition coefficient (Wildman–Crippen LogP) is 3.76. The molecule has 2 atom stereocenters. The lowest BCUT2D eigenvalue weighted by molar-refractivity contribution is 0.107. The van der Waals surface area contributed by atoms with E-state index in [1.807, 2.05) is 18.2 Å². The fraction of sp³-hybridized carbons (Fsp3) is 0.538. The highest BCUT2D eigenvalue weighted by molar-refractivity contribution is 9.10. The van der Waals surface area contributed by atoms with Gasteiger partial charge in [-0.15, -0.1) is 0 Å². The summed E-state index contributed by atoms with van der Waals surface area (Å²) in [4.78, 5) is 0. The normalized spacial score (nSPS) is 24.2. The van der Waals surface area contributed by atoms with Crippen LogP contribution in [-0.2, 0) is 11.3 Å². The first kappa shape index (κ1) is 13.3. The van der Waals surface area contributed by atoms with Crippen molar-refractivity contribution >= 4 is 27.5 Å². The van der Waals surface area contributed by atoms with Crippen molar-refractivity contribution in [2.24, 2.45) is 0 Å². The van der Waals surface area contributed by atoms with E-state index in [1.54, 1.807) is 7.11 Å². The number of methoxy groups -OCH3 is 1. The molecule has 1 aliphatic rings. The maximum Gasteiger partial charge on any atom is 0.0586 e. The monoisotopic (exact) mass is 317 g/mol. The van der Waals surface area contributed by atoms with Crippen molar-refractivity contribution < 1.29 is 4.74 Å². The minimum absolute atomic E-state index is 0.426. The van der Waals surface area contributed by atoms with Gasteiger partial charge in [0.25, 0.3) is 0 Å². The molecule has 0 amide bonds. The third-order valence-electron chi connectivity index (χ3n) is 3.31. The van der Waals surface area contributed by atoms with Crippen LogP contribution in [0.1, 0.15) is 24.8 Å². The number of hydrogen-bond acceptors (Lipinski definition) is 2. The highest BCUT2D eigenvalue weighted by Gasteiger charge is 2.23. The molecular weight excluding hydrogens is 302 g/mol. The Balaban J connectivity index is 1.88. The molecule has 1 fully saturated rings. The minimum atomic E-state index is 0.426. The van der Waals surface area contributed by atoms with Crippen molar-refractivity contribution in [3.05, 3.63) is 33.3 Å². The number of nitrogens with one attached hydrogen (secondary N) is 1. The van der Waals surface area contributed by atoms with Crippen molar-refractivity contribution in [3.8, 4) is 0 Å². The molecule has 0 aliphatic heterocycles. The first-order valence-corrected chi connectivity index (χ1v) is 7.06. The molecule has 2 unspecified atom stereocenters. The summed E-state index contributed by atoms with van der Waals surface area (Å²) in [5.74, 6) is 0. The maximum atomic E-state index is 5.99. The van der Waals surface area contributed by atoms with Gasteiger partial charge in [0.1, 0.15) is 0 Å². The number of ether oxygens (including phenoxy) is 1. The number of hydrogen-bond donors (Lipinski definition) is 1. The van der Waals surface area contributed by atoms with E-state index in [-0.39, 0.29) is 0 Å². The molecule has 0 aromatic heterocycles. The van der Waals surface area contributed by atoms with Gasteiger partial charge in [-0.05, 0) is 43.0 Å². The van der Waals surface area contributed by atoms with Crippen molar-refractivity contribution in [3.63, 3.8) is 0 Å². The van der Waals surface area contributed by atoms with Crippen LogP contribution in [0, 0.1) is 0 Å². The summed E-state index contributed by atoms with van der Waals surface area (Å²) in [5.41, 5.74) is 1.21. The lowest BCUT2D eigenvalue weighted by Gasteiger charge is -2.14. The summed E-state index contributed by atoms with van der Waals surface area (Å²) in [6.07, 6.45) is 3.88. The van der Waals surface area contributed by atoms with Crippen molar-refractivity contribution in [2.45, 2.75) is 38.0 Å². The highest BCUT2D eigenvalue weighted by atomic mass is 79.9. The van der Waals surface area contributed by atoms with Gasteiger partial charge >= 0.3 is 0 Å². The Labute approximate surface area is 116 Å². The van der Waals surface area contributed by atoms with Crippen LogP contribution in [0.15, 0.2) is 22.7 Å². The van der Waals surface area contributed by atoms with E-state index in [0.717, 1.165) is 28.9 Å². The molecule has 0 bridgehead atoms. The molecule has 2 rings (SSSR count). The second-order valence-electron chi connectivity index (χ2n) is 4.48. The lowest BCUT2D eigenvalue weighted by Crippen LogP contribution is -2.26. The zero-order chi connectivity index (χ0) is 12.3. The molecule has 0 saturated heterocycles. The SMILES string of the molecule is COC1CCC(NCc2cc(Cl)ccc2Br)C1. The quantitative estimate of drug-likeness (QED) is 0.912. The van der Waals surface area contributed by atoms with E-state index in [9.17, 15) is 0 Å². The van der Waals surface area contributed by atoms with Crippen LogP contribution in [-0.4, -0.2) is 19.3 Å². The largest absolute Gasteiger partial charge is 0.381 e. The summed E-state index contributed by atoms with van der Waals surface area (Å²) in [7, 11) is 1.79. The zero-order valence-corrected chi connectivity index (χ0v) is 12.2. The Kier molecular flexibility index (Phi) is 4.86. The molecule has 4 heteroatoms. The molecule has 0 spiro atoms. The van der Waals surface area contributed by atoms with Crippen LogP contribution in [0.5, 0.6) is 0 Å². The third-order valence-corrected chi connectivity index (χ3v) is 4.32. The van der Waals surface area contributed by atoms with E-state index in [2.05, 4.69) is 21.2 Å². The van der Waals surface area contributed by atoms with Crippen molar-refractivity contribution in [1.82, 2.24) is 5.32 Å². The van der Waals surface area contributed by atoms with E-state index in [1.165, 1.54) is 12.0 Å². The Hall–Kier alpha value is -0.0900. The molecule has 0 radical (unpaired) electrons. The Bertz CT molecular complexity index is 386. The molecule has 1 aliphatic carbocycles. The van der Waals surface area contributed by atoms with Crippen LogP contribution < -0.4 is 5.32 Å². The lowest BCUT2D eigenvalue weighted by atomic mass is 10.2.